The summed E-state index contributed by atoms with van der Waals surface area (Å²) in [5.41, 5.74) is 3.06. The van der Waals surface area contributed by atoms with Gasteiger partial charge in [0.1, 0.15) is 0 Å². The van der Waals surface area contributed by atoms with Crippen LogP contribution in [0.15, 0.2) is 35.3 Å². The van der Waals surface area contributed by atoms with Crippen molar-refractivity contribution in [2.45, 2.75) is 27.0 Å². The highest BCUT2D eigenvalue weighted by molar-refractivity contribution is 5.72. The van der Waals surface area contributed by atoms with Crippen LogP contribution in [0.1, 0.15) is 19.4 Å². The van der Waals surface area contributed by atoms with Crippen molar-refractivity contribution in [3.05, 3.63) is 46.5 Å². The first-order valence-electron chi connectivity index (χ1n) is 7.25. The molecule has 0 spiro atoms. The number of aliphatic hydroxyl groups excluding tert-OH is 1. The molecule has 0 radical (unpaired) electrons. The van der Waals surface area contributed by atoms with Crippen LogP contribution in [0, 0.1) is 5.92 Å². The second-order valence-electron chi connectivity index (χ2n) is 5.68. The number of hydrogen-bond acceptors (Lipinski definition) is 4. The molecule has 0 aliphatic heterocycles. The van der Waals surface area contributed by atoms with Crippen LogP contribution in [0.4, 0.5) is 0 Å². The van der Waals surface area contributed by atoms with Crippen molar-refractivity contribution >= 4 is 11.3 Å². The summed E-state index contributed by atoms with van der Waals surface area (Å²) in [4.78, 5) is 23.7. The van der Waals surface area contributed by atoms with Gasteiger partial charge in [0.25, 0.3) is 0 Å². The zero-order valence-corrected chi connectivity index (χ0v) is 12.6. The molecule has 0 amide bonds. The second-order valence-corrected chi connectivity index (χ2v) is 5.68. The summed E-state index contributed by atoms with van der Waals surface area (Å²) in [5.74, 6) is 0.341. The van der Waals surface area contributed by atoms with Crippen molar-refractivity contribution < 1.29 is 5.11 Å². The Morgan fingerprint density at radius 3 is 2.82 bits per heavy atom. The van der Waals surface area contributed by atoms with E-state index in [2.05, 4.69) is 15.0 Å². The predicted octanol–water partition coefficient (Wildman–Crippen LogP) is 1.93. The third-order valence-corrected chi connectivity index (χ3v) is 3.49. The fraction of sp³-hybridized carbons (Fsp3) is 0.312. The maximum atomic E-state index is 12.0. The van der Waals surface area contributed by atoms with Crippen LogP contribution in [-0.2, 0) is 13.2 Å². The lowest BCUT2D eigenvalue weighted by Gasteiger charge is -2.07. The van der Waals surface area contributed by atoms with E-state index in [1.165, 1.54) is 0 Å². The summed E-state index contributed by atoms with van der Waals surface area (Å²) < 4.78 is 1.61. The molecule has 0 aliphatic rings. The lowest BCUT2D eigenvalue weighted by Crippen LogP contribution is -2.19. The molecule has 0 atom stereocenters. The predicted molar refractivity (Wildman–Crippen MR) is 84.3 cm³/mol. The largest absolute Gasteiger partial charge is 0.392 e. The highest BCUT2D eigenvalue weighted by Crippen LogP contribution is 2.22. The molecule has 2 heterocycles. The molecule has 22 heavy (non-hydrogen) atoms. The first-order chi connectivity index (χ1) is 10.6. The molecule has 114 valence electrons. The maximum Gasteiger partial charge on any atom is 0.328 e. The number of aromatic amines is 1. The van der Waals surface area contributed by atoms with Crippen LogP contribution in [0.25, 0.3) is 22.6 Å². The molecule has 6 nitrogen and oxygen atoms in total. The minimum Gasteiger partial charge on any atom is -0.392 e. The van der Waals surface area contributed by atoms with E-state index in [-0.39, 0.29) is 12.3 Å². The van der Waals surface area contributed by atoms with Crippen LogP contribution >= 0.6 is 0 Å². The number of rotatable bonds is 4. The SMILES string of the molecule is CC(C)Cn1c(=O)[nH]c2nc(-c3ccccc3CO)cnc21. The summed E-state index contributed by atoms with van der Waals surface area (Å²) in [6, 6.07) is 7.47. The molecule has 3 aromatic rings. The van der Waals surface area contributed by atoms with Gasteiger partial charge in [-0.1, -0.05) is 38.1 Å². The van der Waals surface area contributed by atoms with E-state index in [4.69, 9.17) is 0 Å². The van der Waals surface area contributed by atoms with Gasteiger partial charge in [-0.05, 0) is 11.5 Å². The van der Waals surface area contributed by atoms with E-state index in [1.807, 2.05) is 38.1 Å². The minimum absolute atomic E-state index is 0.0687. The standard InChI is InChI=1S/C16H18N4O2/c1-10(2)8-20-15-14(19-16(20)22)18-13(7-17-15)12-6-4-3-5-11(12)9-21/h3-7,10,21H,8-9H2,1-2H3,(H,18,19,22). The fourth-order valence-corrected chi connectivity index (χ4v) is 2.50. The molecule has 0 bridgehead atoms. The highest BCUT2D eigenvalue weighted by Gasteiger charge is 2.13. The summed E-state index contributed by atoms with van der Waals surface area (Å²) in [6.45, 7) is 4.62. The van der Waals surface area contributed by atoms with Gasteiger partial charge in [-0.3, -0.25) is 9.55 Å². The van der Waals surface area contributed by atoms with Gasteiger partial charge in [0, 0.05) is 12.1 Å². The monoisotopic (exact) mass is 298 g/mol. The van der Waals surface area contributed by atoms with Crippen LogP contribution in [-0.4, -0.2) is 24.6 Å². The number of aliphatic hydroxyl groups is 1. The van der Waals surface area contributed by atoms with E-state index < -0.39 is 0 Å². The van der Waals surface area contributed by atoms with Gasteiger partial charge in [-0.15, -0.1) is 0 Å². The van der Waals surface area contributed by atoms with Gasteiger partial charge < -0.3 is 5.11 Å². The molecule has 6 heteroatoms. The Kier molecular flexibility index (Phi) is 3.77. The first kappa shape index (κ1) is 14.5. The molecule has 1 aromatic carbocycles. The number of nitrogens with one attached hydrogen (secondary N) is 1. The van der Waals surface area contributed by atoms with E-state index in [9.17, 15) is 9.90 Å². The van der Waals surface area contributed by atoms with Gasteiger partial charge in [-0.25, -0.2) is 14.8 Å². The Morgan fingerprint density at radius 1 is 1.32 bits per heavy atom. The zero-order valence-electron chi connectivity index (χ0n) is 12.6. The zero-order chi connectivity index (χ0) is 15.7. The Bertz CT molecular complexity index is 864. The summed E-state index contributed by atoms with van der Waals surface area (Å²) in [6.07, 6.45) is 1.64. The maximum absolute atomic E-state index is 12.0. The molecular weight excluding hydrogens is 280 g/mol. The molecule has 3 rings (SSSR count). The summed E-state index contributed by atoms with van der Waals surface area (Å²) in [5, 5.41) is 9.43. The smallest absolute Gasteiger partial charge is 0.328 e. The lowest BCUT2D eigenvalue weighted by atomic mass is 10.1. The van der Waals surface area contributed by atoms with Gasteiger partial charge in [-0.2, -0.15) is 0 Å². The number of imidazole rings is 1. The van der Waals surface area contributed by atoms with Gasteiger partial charge in [0.2, 0.25) is 0 Å². The third-order valence-electron chi connectivity index (χ3n) is 3.49. The normalized spacial score (nSPS) is 11.5. The molecule has 0 saturated carbocycles. The third kappa shape index (κ3) is 2.53. The Hall–Kier alpha value is -2.47. The van der Waals surface area contributed by atoms with Crippen molar-refractivity contribution in [1.82, 2.24) is 19.5 Å². The molecule has 0 aliphatic carbocycles. The van der Waals surface area contributed by atoms with Gasteiger partial charge in [0.05, 0.1) is 18.5 Å². The molecular formula is C16H18N4O2. The molecule has 0 fully saturated rings. The van der Waals surface area contributed by atoms with Crippen LogP contribution < -0.4 is 5.69 Å². The van der Waals surface area contributed by atoms with Crippen molar-refractivity contribution in [2.24, 2.45) is 5.92 Å². The van der Waals surface area contributed by atoms with Crippen molar-refractivity contribution in [1.29, 1.82) is 0 Å². The number of nitrogens with zero attached hydrogens (tertiary/aromatic N) is 3. The lowest BCUT2D eigenvalue weighted by molar-refractivity contribution is 0.282. The summed E-state index contributed by atoms with van der Waals surface area (Å²) >= 11 is 0. The van der Waals surface area contributed by atoms with Crippen molar-refractivity contribution in [3.63, 3.8) is 0 Å². The van der Waals surface area contributed by atoms with Crippen molar-refractivity contribution in [3.8, 4) is 11.3 Å². The number of benzene rings is 1. The van der Waals surface area contributed by atoms with Crippen LogP contribution in [0.2, 0.25) is 0 Å². The Labute approximate surface area is 127 Å². The number of H-pyrrole nitrogens is 1. The van der Waals surface area contributed by atoms with E-state index >= 15 is 0 Å². The minimum atomic E-state index is -0.198. The average Bonchev–Trinajstić information content (AvgIpc) is 2.82. The van der Waals surface area contributed by atoms with Gasteiger partial charge in [0.15, 0.2) is 11.3 Å². The quantitative estimate of drug-likeness (QED) is 0.771. The molecule has 2 aromatic heterocycles. The van der Waals surface area contributed by atoms with Crippen molar-refractivity contribution in [2.75, 3.05) is 0 Å². The van der Waals surface area contributed by atoms with Crippen LogP contribution in [0.3, 0.4) is 0 Å². The van der Waals surface area contributed by atoms with E-state index in [0.717, 1.165) is 11.1 Å². The Balaban J connectivity index is 2.13. The summed E-state index contributed by atoms with van der Waals surface area (Å²) in [7, 11) is 0. The topological polar surface area (TPSA) is 83.8 Å². The van der Waals surface area contributed by atoms with Gasteiger partial charge >= 0.3 is 5.69 Å². The van der Waals surface area contributed by atoms with Crippen LogP contribution in [0.5, 0.6) is 0 Å². The second kappa shape index (κ2) is 5.73. The molecule has 0 saturated heterocycles. The first-order valence-corrected chi connectivity index (χ1v) is 7.25. The Morgan fingerprint density at radius 2 is 2.09 bits per heavy atom. The number of hydrogen-bond donors (Lipinski definition) is 2. The van der Waals surface area contributed by atoms with E-state index in [1.54, 1.807) is 10.8 Å². The number of fused-ring (bicyclic) bond motifs is 1. The average molecular weight is 298 g/mol. The fourth-order valence-electron chi connectivity index (χ4n) is 2.50. The number of aromatic nitrogens is 4. The molecule has 2 N–H and O–H groups in total. The van der Waals surface area contributed by atoms with E-state index in [0.29, 0.717) is 29.5 Å². The highest BCUT2D eigenvalue weighted by atomic mass is 16.3. The molecule has 0 unspecified atom stereocenters.